The van der Waals surface area contributed by atoms with Gasteiger partial charge in [-0.3, -0.25) is 0 Å². The average Bonchev–Trinajstić information content (AvgIpc) is 2.26. The molecule has 0 radical (unpaired) electrons. The van der Waals surface area contributed by atoms with Crippen molar-refractivity contribution < 1.29 is 13.2 Å². The molecule has 1 aromatic carbocycles. The molecule has 18 heavy (non-hydrogen) atoms. The second kappa shape index (κ2) is 7.14. The molecule has 0 saturated carbocycles. The molecule has 0 unspecified atom stereocenters. The van der Waals surface area contributed by atoms with Gasteiger partial charge in [-0.05, 0) is 43.5 Å². The molecule has 1 rings (SSSR count). The lowest BCUT2D eigenvalue weighted by Gasteiger charge is -2.08. The predicted molar refractivity (Wildman–Crippen MR) is 70.5 cm³/mol. The van der Waals surface area contributed by atoms with Gasteiger partial charge < -0.3 is 5.32 Å². The molecule has 0 heterocycles. The summed E-state index contributed by atoms with van der Waals surface area (Å²) in [4.78, 5) is 0. The van der Waals surface area contributed by atoms with Gasteiger partial charge in [-0.15, -0.1) is 0 Å². The van der Waals surface area contributed by atoms with Gasteiger partial charge in [0, 0.05) is 17.4 Å². The van der Waals surface area contributed by atoms with Gasteiger partial charge in [0.2, 0.25) is 0 Å². The van der Waals surface area contributed by atoms with Gasteiger partial charge in [-0.1, -0.05) is 28.1 Å². The number of hydrogen-bond acceptors (Lipinski definition) is 1. The van der Waals surface area contributed by atoms with E-state index in [1.165, 1.54) is 5.56 Å². The minimum atomic E-state index is -4.03. The maximum absolute atomic E-state index is 11.9. The second-order valence-corrected chi connectivity index (χ2v) is 5.19. The van der Waals surface area contributed by atoms with Crippen LogP contribution in [0.4, 0.5) is 13.2 Å². The zero-order chi connectivity index (χ0) is 13.6. The standard InChI is InChI=1S/C13H17BrF3N/c1-10-4-5-11(8-12(10)14)9-18-7-3-2-6-13(15,16)17/h4-5,8,18H,2-3,6-7,9H2,1H3. The smallest absolute Gasteiger partial charge is 0.313 e. The van der Waals surface area contributed by atoms with E-state index >= 15 is 0 Å². The summed E-state index contributed by atoms with van der Waals surface area (Å²) >= 11 is 3.45. The van der Waals surface area contributed by atoms with E-state index < -0.39 is 12.6 Å². The number of unbranched alkanes of at least 4 members (excludes halogenated alkanes) is 1. The van der Waals surface area contributed by atoms with E-state index in [2.05, 4.69) is 21.2 Å². The molecule has 102 valence electrons. The molecule has 0 atom stereocenters. The third-order valence-corrected chi connectivity index (χ3v) is 3.48. The van der Waals surface area contributed by atoms with E-state index in [4.69, 9.17) is 0 Å². The fourth-order valence-electron chi connectivity index (χ4n) is 1.55. The first-order valence-corrected chi connectivity index (χ1v) is 6.70. The van der Waals surface area contributed by atoms with Crippen molar-refractivity contribution in [1.82, 2.24) is 5.32 Å². The third kappa shape index (κ3) is 6.40. The Hall–Kier alpha value is -0.550. The lowest BCUT2D eigenvalue weighted by Crippen LogP contribution is -2.16. The monoisotopic (exact) mass is 323 g/mol. The number of nitrogens with one attached hydrogen (secondary N) is 1. The van der Waals surface area contributed by atoms with Crippen molar-refractivity contribution in [3.63, 3.8) is 0 Å². The summed E-state index contributed by atoms with van der Waals surface area (Å²) < 4.78 is 36.7. The Kier molecular flexibility index (Phi) is 6.15. The van der Waals surface area contributed by atoms with Gasteiger partial charge in [-0.25, -0.2) is 0 Å². The van der Waals surface area contributed by atoms with Crippen LogP contribution in [0.25, 0.3) is 0 Å². The summed E-state index contributed by atoms with van der Waals surface area (Å²) in [5, 5.41) is 3.15. The zero-order valence-electron chi connectivity index (χ0n) is 10.3. The van der Waals surface area contributed by atoms with E-state index in [0.717, 1.165) is 10.0 Å². The van der Waals surface area contributed by atoms with Crippen molar-refractivity contribution in [2.45, 2.75) is 38.9 Å². The lowest BCUT2D eigenvalue weighted by atomic mass is 10.1. The van der Waals surface area contributed by atoms with Crippen molar-refractivity contribution in [1.29, 1.82) is 0 Å². The van der Waals surface area contributed by atoms with E-state index in [-0.39, 0.29) is 6.42 Å². The highest BCUT2D eigenvalue weighted by Gasteiger charge is 2.25. The molecule has 1 N–H and O–H groups in total. The van der Waals surface area contributed by atoms with E-state index in [0.29, 0.717) is 19.5 Å². The van der Waals surface area contributed by atoms with Crippen LogP contribution in [0.1, 0.15) is 30.4 Å². The van der Waals surface area contributed by atoms with Gasteiger partial charge in [0.1, 0.15) is 0 Å². The first-order valence-electron chi connectivity index (χ1n) is 5.91. The molecule has 0 aliphatic carbocycles. The molecule has 0 aliphatic rings. The van der Waals surface area contributed by atoms with Gasteiger partial charge in [0.15, 0.2) is 0 Å². The van der Waals surface area contributed by atoms with Gasteiger partial charge in [-0.2, -0.15) is 13.2 Å². The molecule has 0 amide bonds. The number of halogens is 4. The van der Waals surface area contributed by atoms with Crippen LogP contribution in [-0.2, 0) is 6.54 Å². The Morgan fingerprint density at radius 1 is 1.22 bits per heavy atom. The van der Waals surface area contributed by atoms with Crippen LogP contribution in [0.2, 0.25) is 0 Å². The van der Waals surface area contributed by atoms with Crippen LogP contribution in [0.15, 0.2) is 22.7 Å². The minimum Gasteiger partial charge on any atom is -0.313 e. The van der Waals surface area contributed by atoms with Crippen LogP contribution in [0.5, 0.6) is 0 Å². The number of benzene rings is 1. The Bertz CT molecular complexity index is 377. The zero-order valence-corrected chi connectivity index (χ0v) is 11.9. The minimum absolute atomic E-state index is 0.189. The summed E-state index contributed by atoms with van der Waals surface area (Å²) in [5.74, 6) is 0. The van der Waals surface area contributed by atoms with E-state index in [1.54, 1.807) is 0 Å². The van der Waals surface area contributed by atoms with Crippen LogP contribution in [-0.4, -0.2) is 12.7 Å². The summed E-state index contributed by atoms with van der Waals surface area (Å²) in [7, 11) is 0. The maximum Gasteiger partial charge on any atom is 0.389 e. The molecule has 1 nitrogen and oxygen atoms in total. The fraction of sp³-hybridized carbons (Fsp3) is 0.538. The van der Waals surface area contributed by atoms with E-state index in [9.17, 15) is 13.2 Å². The summed E-state index contributed by atoms with van der Waals surface area (Å²) in [5.41, 5.74) is 2.30. The van der Waals surface area contributed by atoms with Gasteiger partial charge in [0.05, 0.1) is 0 Å². The molecule has 0 spiro atoms. The van der Waals surface area contributed by atoms with Crippen LogP contribution >= 0.6 is 15.9 Å². The van der Waals surface area contributed by atoms with Crippen molar-refractivity contribution in [2.75, 3.05) is 6.54 Å². The predicted octanol–water partition coefficient (Wildman–Crippen LogP) is 4.58. The van der Waals surface area contributed by atoms with Crippen LogP contribution in [0.3, 0.4) is 0 Å². The highest BCUT2D eigenvalue weighted by atomic mass is 79.9. The topological polar surface area (TPSA) is 12.0 Å². The number of aryl methyl sites for hydroxylation is 1. The number of alkyl halides is 3. The quantitative estimate of drug-likeness (QED) is 0.755. The van der Waals surface area contributed by atoms with Crippen molar-refractivity contribution in [3.8, 4) is 0 Å². The van der Waals surface area contributed by atoms with Crippen LogP contribution in [0, 0.1) is 6.92 Å². The molecular formula is C13H17BrF3N. The third-order valence-electron chi connectivity index (χ3n) is 2.63. The second-order valence-electron chi connectivity index (χ2n) is 4.33. The van der Waals surface area contributed by atoms with Crippen molar-refractivity contribution in [3.05, 3.63) is 33.8 Å². The highest BCUT2D eigenvalue weighted by Crippen LogP contribution is 2.22. The molecule has 0 aromatic heterocycles. The van der Waals surface area contributed by atoms with E-state index in [1.807, 2.05) is 25.1 Å². The molecule has 0 bridgehead atoms. The molecule has 5 heteroatoms. The Labute approximate surface area is 114 Å². The van der Waals surface area contributed by atoms with Crippen molar-refractivity contribution >= 4 is 15.9 Å². The summed E-state index contributed by atoms with van der Waals surface area (Å²) in [6.45, 7) is 3.31. The first-order chi connectivity index (χ1) is 8.38. The van der Waals surface area contributed by atoms with Gasteiger partial charge >= 0.3 is 6.18 Å². The number of rotatable bonds is 6. The van der Waals surface area contributed by atoms with Gasteiger partial charge in [0.25, 0.3) is 0 Å². The molecule has 1 aromatic rings. The maximum atomic E-state index is 11.9. The largest absolute Gasteiger partial charge is 0.389 e. The van der Waals surface area contributed by atoms with Crippen molar-refractivity contribution in [2.24, 2.45) is 0 Å². The normalized spacial score (nSPS) is 11.8. The first kappa shape index (κ1) is 15.5. The SMILES string of the molecule is Cc1ccc(CNCCCCC(F)(F)F)cc1Br. The Morgan fingerprint density at radius 2 is 1.94 bits per heavy atom. The van der Waals surface area contributed by atoms with Crippen LogP contribution < -0.4 is 5.32 Å². The Balaban J connectivity index is 2.16. The molecular weight excluding hydrogens is 307 g/mol. The molecule has 0 saturated heterocycles. The molecule has 0 aliphatic heterocycles. The molecule has 0 fully saturated rings. The average molecular weight is 324 g/mol. The Morgan fingerprint density at radius 3 is 2.56 bits per heavy atom. The lowest BCUT2D eigenvalue weighted by molar-refractivity contribution is -0.135. The summed E-state index contributed by atoms with van der Waals surface area (Å²) in [6.07, 6.45) is -3.98. The number of hydrogen-bond donors (Lipinski definition) is 1. The summed E-state index contributed by atoms with van der Waals surface area (Å²) in [6, 6.07) is 6.06. The fourth-order valence-corrected chi connectivity index (χ4v) is 1.98. The highest BCUT2D eigenvalue weighted by molar-refractivity contribution is 9.10.